The number of carbonyl (C=O) groups excluding carboxylic acids is 3. The van der Waals surface area contributed by atoms with Gasteiger partial charge in [-0.05, 0) is 54.5 Å². The number of benzene rings is 3. The van der Waals surface area contributed by atoms with E-state index in [4.69, 9.17) is 16.3 Å². The molecule has 1 aliphatic rings. The number of rotatable bonds is 5. The Morgan fingerprint density at radius 3 is 2.52 bits per heavy atom. The summed E-state index contributed by atoms with van der Waals surface area (Å²) in [6.45, 7) is 1.89. The molecule has 1 heterocycles. The number of hydrogen-bond donors (Lipinski definition) is 1. The van der Waals surface area contributed by atoms with E-state index in [1.54, 1.807) is 55.5 Å². The zero-order valence-electron chi connectivity index (χ0n) is 17.5. The highest BCUT2D eigenvalue weighted by atomic mass is 35.5. The number of carbonyl (C=O) groups is 3. The molecule has 0 bridgehead atoms. The van der Waals surface area contributed by atoms with Gasteiger partial charge in [-0.25, -0.2) is 14.1 Å². The van der Waals surface area contributed by atoms with Crippen LogP contribution in [0.1, 0.15) is 16.7 Å². The van der Waals surface area contributed by atoms with Gasteiger partial charge in [0.05, 0.1) is 5.69 Å². The van der Waals surface area contributed by atoms with Gasteiger partial charge in [0.15, 0.2) is 0 Å². The summed E-state index contributed by atoms with van der Waals surface area (Å²) in [6, 6.07) is 16.7. The number of barbiturate groups is 1. The maximum absolute atomic E-state index is 13.2. The molecule has 0 radical (unpaired) electrons. The number of para-hydroxylation sites is 1. The normalized spacial score (nSPS) is 15.1. The van der Waals surface area contributed by atoms with E-state index >= 15 is 0 Å². The number of ether oxygens (including phenoxy) is 1. The van der Waals surface area contributed by atoms with Gasteiger partial charge in [-0.3, -0.25) is 14.9 Å². The highest BCUT2D eigenvalue weighted by molar-refractivity contribution is 6.39. The van der Waals surface area contributed by atoms with Crippen LogP contribution >= 0.6 is 11.6 Å². The van der Waals surface area contributed by atoms with Gasteiger partial charge in [-0.2, -0.15) is 0 Å². The van der Waals surface area contributed by atoms with Crippen molar-refractivity contribution in [2.75, 3.05) is 4.90 Å². The number of hydrogen-bond acceptors (Lipinski definition) is 4. The first-order valence-electron chi connectivity index (χ1n) is 9.97. The SMILES string of the molecule is Cc1ccc(Cl)cc1N1C(=O)NC(=O)/C(=C\c2ccccc2OCc2ccc(F)cc2)C1=O. The van der Waals surface area contributed by atoms with Crippen LogP contribution in [-0.2, 0) is 16.2 Å². The van der Waals surface area contributed by atoms with E-state index in [-0.39, 0.29) is 23.7 Å². The molecule has 166 valence electrons. The molecule has 1 saturated heterocycles. The average Bonchev–Trinajstić information content (AvgIpc) is 2.79. The molecule has 33 heavy (non-hydrogen) atoms. The summed E-state index contributed by atoms with van der Waals surface area (Å²) in [5.74, 6) is -1.52. The summed E-state index contributed by atoms with van der Waals surface area (Å²) in [7, 11) is 0. The van der Waals surface area contributed by atoms with Gasteiger partial charge in [0.2, 0.25) is 0 Å². The van der Waals surface area contributed by atoms with E-state index in [9.17, 15) is 18.8 Å². The number of halogens is 2. The molecule has 0 spiro atoms. The second-order valence-corrected chi connectivity index (χ2v) is 7.78. The largest absolute Gasteiger partial charge is 0.488 e. The van der Waals surface area contributed by atoms with Crippen molar-refractivity contribution in [1.29, 1.82) is 0 Å². The van der Waals surface area contributed by atoms with Crippen molar-refractivity contribution in [2.45, 2.75) is 13.5 Å². The zero-order chi connectivity index (χ0) is 23.5. The third-order valence-corrected chi connectivity index (χ3v) is 5.28. The lowest BCUT2D eigenvalue weighted by Crippen LogP contribution is -2.54. The van der Waals surface area contributed by atoms with Crippen LogP contribution in [0.4, 0.5) is 14.9 Å². The highest BCUT2D eigenvalue weighted by Gasteiger charge is 2.37. The summed E-state index contributed by atoms with van der Waals surface area (Å²) in [6.07, 6.45) is 1.37. The second kappa shape index (κ2) is 9.26. The Morgan fingerprint density at radius 2 is 1.76 bits per heavy atom. The van der Waals surface area contributed by atoms with Crippen LogP contribution in [0.2, 0.25) is 5.02 Å². The minimum Gasteiger partial charge on any atom is -0.488 e. The molecular formula is C25H18ClFN2O4. The predicted molar refractivity (Wildman–Crippen MR) is 122 cm³/mol. The summed E-state index contributed by atoms with van der Waals surface area (Å²) < 4.78 is 19.0. The Kier molecular flexibility index (Phi) is 6.24. The van der Waals surface area contributed by atoms with Crippen molar-refractivity contribution in [1.82, 2.24) is 5.32 Å². The number of aryl methyl sites for hydroxylation is 1. The van der Waals surface area contributed by atoms with Gasteiger partial charge in [-0.15, -0.1) is 0 Å². The van der Waals surface area contributed by atoms with Crippen LogP contribution < -0.4 is 15.0 Å². The molecule has 1 fully saturated rings. The fraction of sp³-hybridized carbons (Fsp3) is 0.0800. The van der Waals surface area contributed by atoms with Crippen molar-refractivity contribution in [2.24, 2.45) is 0 Å². The molecule has 8 heteroatoms. The molecule has 3 aromatic carbocycles. The predicted octanol–water partition coefficient (Wildman–Crippen LogP) is 5.03. The van der Waals surface area contributed by atoms with E-state index in [1.165, 1.54) is 24.3 Å². The highest BCUT2D eigenvalue weighted by Crippen LogP contribution is 2.29. The fourth-order valence-electron chi connectivity index (χ4n) is 3.33. The number of nitrogens with zero attached hydrogens (tertiary/aromatic N) is 1. The summed E-state index contributed by atoms with van der Waals surface area (Å²) in [5.41, 5.74) is 1.91. The third kappa shape index (κ3) is 4.78. The maximum Gasteiger partial charge on any atom is 0.335 e. The van der Waals surface area contributed by atoms with Crippen LogP contribution in [0, 0.1) is 12.7 Å². The number of imide groups is 2. The number of amides is 4. The van der Waals surface area contributed by atoms with Gasteiger partial charge in [0, 0.05) is 10.6 Å². The molecule has 0 aliphatic carbocycles. The van der Waals surface area contributed by atoms with E-state index in [1.807, 2.05) is 0 Å². The smallest absolute Gasteiger partial charge is 0.335 e. The topological polar surface area (TPSA) is 75.7 Å². The summed E-state index contributed by atoms with van der Waals surface area (Å²) in [5, 5.41) is 2.54. The first-order chi connectivity index (χ1) is 15.8. The lowest BCUT2D eigenvalue weighted by atomic mass is 10.0. The molecular weight excluding hydrogens is 447 g/mol. The van der Waals surface area contributed by atoms with Crippen molar-refractivity contribution < 1.29 is 23.5 Å². The quantitative estimate of drug-likeness (QED) is 0.424. The molecule has 0 unspecified atom stereocenters. The Bertz CT molecular complexity index is 1290. The molecule has 4 rings (SSSR count). The molecule has 0 atom stereocenters. The molecule has 1 aliphatic heterocycles. The van der Waals surface area contributed by atoms with Crippen molar-refractivity contribution in [3.8, 4) is 5.75 Å². The summed E-state index contributed by atoms with van der Waals surface area (Å²) >= 11 is 6.05. The Morgan fingerprint density at radius 1 is 1.03 bits per heavy atom. The van der Waals surface area contributed by atoms with E-state index in [0.29, 0.717) is 21.9 Å². The number of urea groups is 1. The standard InChI is InChI=1S/C25H18ClFN2O4/c1-15-6-9-18(26)13-21(15)29-24(31)20(23(30)28-25(29)32)12-17-4-2-3-5-22(17)33-14-16-7-10-19(27)11-8-16/h2-13H,14H2,1H3,(H,28,30,32)/b20-12+. The molecule has 4 amide bonds. The zero-order valence-corrected chi connectivity index (χ0v) is 18.2. The van der Waals surface area contributed by atoms with Gasteiger partial charge < -0.3 is 4.74 Å². The molecule has 3 aromatic rings. The molecule has 0 aromatic heterocycles. The van der Waals surface area contributed by atoms with Crippen LogP contribution in [-0.4, -0.2) is 17.8 Å². The van der Waals surface area contributed by atoms with Gasteiger partial charge in [0.25, 0.3) is 11.8 Å². The van der Waals surface area contributed by atoms with Gasteiger partial charge in [0.1, 0.15) is 23.7 Å². The van der Waals surface area contributed by atoms with Crippen LogP contribution in [0.25, 0.3) is 6.08 Å². The van der Waals surface area contributed by atoms with Gasteiger partial charge >= 0.3 is 6.03 Å². The lowest BCUT2D eigenvalue weighted by molar-refractivity contribution is -0.122. The first-order valence-corrected chi connectivity index (χ1v) is 10.3. The Labute approximate surface area is 194 Å². The minimum absolute atomic E-state index is 0.160. The van der Waals surface area contributed by atoms with Gasteiger partial charge in [-0.1, -0.05) is 48.0 Å². The Balaban J connectivity index is 1.66. The van der Waals surface area contributed by atoms with Crippen LogP contribution in [0.15, 0.2) is 72.3 Å². The second-order valence-electron chi connectivity index (χ2n) is 7.34. The third-order valence-electron chi connectivity index (χ3n) is 5.04. The van der Waals surface area contributed by atoms with Crippen molar-refractivity contribution in [3.05, 3.63) is 99.8 Å². The monoisotopic (exact) mass is 464 g/mol. The molecule has 6 nitrogen and oxygen atoms in total. The average molecular weight is 465 g/mol. The van der Waals surface area contributed by atoms with E-state index in [2.05, 4.69) is 5.32 Å². The minimum atomic E-state index is -0.853. The molecule has 1 N–H and O–H groups in total. The number of anilines is 1. The fourth-order valence-corrected chi connectivity index (χ4v) is 3.49. The van der Waals surface area contributed by atoms with Crippen LogP contribution in [0.5, 0.6) is 5.75 Å². The lowest BCUT2D eigenvalue weighted by Gasteiger charge is -2.27. The van der Waals surface area contributed by atoms with Crippen molar-refractivity contribution in [3.63, 3.8) is 0 Å². The van der Waals surface area contributed by atoms with Crippen LogP contribution in [0.3, 0.4) is 0 Å². The van der Waals surface area contributed by atoms with E-state index in [0.717, 1.165) is 10.5 Å². The van der Waals surface area contributed by atoms with Crippen molar-refractivity contribution >= 4 is 41.2 Å². The number of nitrogens with one attached hydrogen (secondary N) is 1. The first kappa shape index (κ1) is 22.2. The summed E-state index contributed by atoms with van der Waals surface area (Å²) in [4.78, 5) is 39.1. The maximum atomic E-state index is 13.2. The molecule has 0 saturated carbocycles. The van der Waals surface area contributed by atoms with E-state index < -0.39 is 17.8 Å². The Hall–Kier alpha value is -3.97.